The molecule has 0 atom stereocenters. The van der Waals surface area contributed by atoms with Crippen LogP contribution in [0.2, 0.25) is 10.0 Å². The molecule has 0 aromatic heterocycles. The zero-order valence-electron chi connectivity index (χ0n) is 15.0. The van der Waals surface area contributed by atoms with Crippen molar-refractivity contribution >= 4 is 23.2 Å². The number of hydrogen-bond acceptors (Lipinski definition) is 3. The molecule has 0 bridgehead atoms. The Morgan fingerprint density at radius 3 is 2.30 bits per heavy atom. The number of nitrogens with one attached hydrogen (secondary N) is 1. The van der Waals surface area contributed by atoms with Gasteiger partial charge >= 0.3 is 0 Å². The monoisotopic (exact) mass is 401 g/mol. The Labute approximate surface area is 169 Å². The molecule has 3 aromatic carbocycles. The maximum Gasteiger partial charge on any atom is 0.166 e. The predicted molar refractivity (Wildman–Crippen MR) is 111 cm³/mol. The maximum absolute atomic E-state index is 6.25. The molecule has 0 radical (unpaired) electrons. The molecule has 0 fully saturated rings. The Balaban J connectivity index is 1.74. The summed E-state index contributed by atoms with van der Waals surface area (Å²) in [6.45, 7) is 1.68. The van der Waals surface area contributed by atoms with E-state index in [4.69, 9.17) is 32.7 Å². The number of hydrogen-bond donors (Lipinski definition) is 1. The van der Waals surface area contributed by atoms with Crippen LogP contribution in [0, 0.1) is 0 Å². The van der Waals surface area contributed by atoms with E-state index < -0.39 is 0 Å². The highest BCUT2D eigenvalue weighted by Crippen LogP contribution is 2.35. The third kappa shape index (κ3) is 5.39. The highest BCUT2D eigenvalue weighted by molar-refractivity contribution is 6.31. The lowest BCUT2D eigenvalue weighted by atomic mass is 10.1. The van der Waals surface area contributed by atoms with E-state index in [2.05, 4.69) is 5.32 Å². The van der Waals surface area contributed by atoms with Crippen LogP contribution in [0.15, 0.2) is 66.7 Å². The second-order valence-corrected chi connectivity index (χ2v) is 6.91. The highest BCUT2D eigenvalue weighted by atomic mass is 35.5. The molecule has 0 saturated heterocycles. The first-order valence-electron chi connectivity index (χ1n) is 8.64. The summed E-state index contributed by atoms with van der Waals surface area (Å²) in [6.07, 6.45) is 0. The van der Waals surface area contributed by atoms with Gasteiger partial charge in [0.25, 0.3) is 0 Å². The summed E-state index contributed by atoms with van der Waals surface area (Å²) < 4.78 is 11.6. The molecule has 0 unspecified atom stereocenters. The van der Waals surface area contributed by atoms with Crippen molar-refractivity contribution in [2.24, 2.45) is 0 Å². The van der Waals surface area contributed by atoms with Gasteiger partial charge in [0.1, 0.15) is 6.61 Å². The molecule has 27 heavy (non-hydrogen) atoms. The van der Waals surface area contributed by atoms with Crippen molar-refractivity contribution in [2.75, 3.05) is 7.11 Å². The van der Waals surface area contributed by atoms with Gasteiger partial charge in [-0.2, -0.15) is 0 Å². The molecule has 3 aromatic rings. The lowest BCUT2D eigenvalue weighted by Gasteiger charge is -2.16. The maximum atomic E-state index is 6.25. The Hall–Kier alpha value is -2.20. The van der Waals surface area contributed by atoms with Crippen LogP contribution in [0.3, 0.4) is 0 Å². The van der Waals surface area contributed by atoms with Crippen molar-refractivity contribution in [2.45, 2.75) is 19.7 Å². The zero-order valence-corrected chi connectivity index (χ0v) is 16.6. The van der Waals surface area contributed by atoms with E-state index >= 15 is 0 Å². The van der Waals surface area contributed by atoms with Crippen LogP contribution < -0.4 is 14.8 Å². The van der Waals surface area contributed by atoms with Gasteiger partial charge in [-0.3, -0.25) is 0 Å². The highest BCUT2D eigenvalue weighted by Gasteiger charge is 2.13. The average Bonchev–Trinajstić information content (AvgIpc) is 2.69. The first-order chi connectivity index (χ1) is 13.2. The first-order valence-corrected chi connectivity index (χ1v) is 9.40. The molecule has 0 aliphatic carbocycles. The van der Waals surface area contributed by atoms with Crippen LogP contribution in [0.5, 0.6) is 11.5 Å². The van der Waals surface area contributed by atoms with E-state index in [0.717, 1.165) is 21.7 Å². The first kappa shape index (κ1) is 19.6. The van der Waals surface area contributed by atoms with Gasteiger partial charge in [0.05, 0.1) is 7.11 Å². The molecule has 1 N–H and O–H groups in total. The molecule has 0 saturated carbocycles. The van der Waals surface area contributed by atoms with Crippen molar-refractivity contribution in [3.05, 3.63) is 93.5 Å². The minimum Gasteiger partial charge on any atom is -0.493 e. The quantitative estimate of drug-likeness (QED) is 0.511. The van der Waals surface area contributed by atoms with Crippen LogP contribution in [0.4, 0.5) is 0 Å². The molecule has 0 heterocycles. The molecule has 0 amide bonds. The van der Waals surface area contributed by atoms with Gasteiger partial charge in [-0.25, -0.2) is 0 Å². The number of benzene rings is 3. The molecule has 140 valence electrons. The minimum atomic E-state index is 0.455. The molecular formula is C22H21Cl2NO2. The number of rotatable bonds is 8. The second kappa shape index (κ2) is 9.65. The van der Waals surface area contributed by atoms with E-state index in [-0.39, 0.29) is 0 Å². The standard InChI is InChI=1S/C22H21Cl2NO2/c1-26-21-12-19(23)11-18(14-25-13-17-9-5-6-10-20(17)24)22(21)27-15-16-7-3-2-4-8-16/h2-12,25H,13-15H2,1H3. The summed E-state index contributed by atoms with van der Waals surface area (Å²) in [7, 11) is 1.61. The van der Waals surface area contributed by atoms with Gasteiger partial charge in [-0.05, 0) is 23.3 Å². The fourth-order valence-electron chi connectivity index (χ4n) is 2.77. The summed E-state index contributed by atoms with van der Waals surface area (Å²) in [6, 6.07) is 21.4. The predicted octanol–water partition coefficient (Wildman–Crippen LogP) is 5.87. The van der Waals surface area contributed by atoms with Gasteiger partial charge in [0.15, 0.2) is 11.5 Å². The Kier molecular flexibility index (Phi) is 6.99. The normalized spacial score (nSPS) is 10.6. The Morgan fingerprint density at radius 2 is 1.56 bits per heavy atom. The fraction of sp³-hybridized carbons (Fsp3) is 0.182. The van der Waals surface area contributed by atoms with Crippen molar-refractivity contribution < 1.29 is 9.47 Å². The largest absolute Gasteiger partial charge is 0.493 e. The fourth-order valence-corrected chi connectivity index (χ4v) is 3.21. The van der Waals surface area contributed by atoms with Crippen LogP contribution in [0.25, 0.3) is 0 Å². The van der Waals surface area contributed by atoms with E-state index in [1.165, 1.54) is 0 Å². The molecule has 0 spiro atoms. The third-order valence-corrected chi connectivity index (χ3v) is 4.72. The van der Waals surface area contributed by atoms with Crippen molar-refractivity contribution in [1.29, 1.82) is 0 Å². The van der Waals surface area contributed by atoms with E-state index in [0.29, 0.717) is 36.2 Å². The van der Waals surface area contributed by atoms with Crippen LogP contribution in [-0.2, 0) is 19.7 Å². The van der Waals surface area contributed by atoms with Crippen LogP contribution in [-0.4, -0.2) is 7.11 Å². The third-order valence-electron chi connectivity index (χ3n) is 4.13. The summed E-state index contributed by atoms with van der Waals surface area (Å²) >= 11 is 12.5. The molecular weight excluding hydrogens is 381 g/mol. The summed E-state index contributed by atoms with van der Waals surface area (Å²) in [5.74, 6) is 1.31. The van der Waals surface area contributed by atoms with Gasteiger partial charge in [0, 0.05) is 34.8 Å². The smallest absolute Gasteiger partial charge is 0.166 e. The SMILES string of the molecule is COc1cc(Cl)cc(CNCc2ccccc2Cl)c1OCc1ccccc1. The number of methoxy groups -OCH3 is 1. The summed E-state index contributed by atoms with van der Waals surface area (Å²) in [5, 5.41) is 4.75. The van der Waals surface area contributed by atoms with Gasteiger partial charge in [-0.1, -0.05) is 71.7 Å². The lowest BCUT2D eigenvalue weighted by molar-refractivity contribution is 0.280. The van der Waals surface area contributed by atoms with E-state index in [1.54, 1.807) is 13.2 Å². The van der Waals surface area contributed by atoms with Crippen molar-refractivity contribution in [1.82, 2.24) is 5.32 Å². The molecule has 3 rings (SSSR count). The minimum absolute atomic E-state index is 0.455. The van der Waals surface area contributed by atoms with Gasteiger partial charge in [0.2, 0.25) is 0 Å². The van der Waals surface area contributed by atoms with Crippen molar-refractivity contribution in [3.63, 3.8) is 0 Å². The topological polar surface area (TPSA) is 30.5 Å². The number of halogens is 2. The Bertz CT molecular complexity index is 885. The Morgan fingerprint density at radius 1 is 0.852 bits per heavy atom. The average molecular weight is 402 g/mol. The summed E-state index contributed by atoms with van der Waals surface area (Å²) in [4.78, 5) is 0. The zero-order chi connectivity index (χ0) is 19.1. The van der Waals surface area contributed by atoms with Crippen LogP contribution >= 0.6 is 23.2 Å². The van der Waals surface area contributed by atoms with E-state index in [1.807, 2.05) is 60.7 Å². The molecule has 0 aliphatic rings. The number of ether oxygens (including phenoxy) is 2. The van der Waals surface area contributed by atoms with Crippen LogP contribution in [0.1, 0.15) is 16.7 Å². The molecule has 0 aliphatic heterocycles. The van der Waals surface area contributed by atoms with Gasteiger partial charge < -0.3 is 14.8 Å². The second-order valence-electron chi connectivity index (χ2n) is 6.07. The molecule has 5 heteroatoms. The molecule has 3 nitrogen and oxygen atoms in total. The van der Waals surface area contributed by atoms with Crippen molar-refractivity contribution in [3.8, 4) is 11.5 Å². The van der Waals surface area contributed by atoms with E-state index in [9.17, 15) is 0 Å². The summed E-state index contributed by atoms with van der Waals surface area (Å²) in [5.41, 5.74) is 3.06. The lowest BCUT2D eigenvalue weighted by Crippen LogP contribution is -2.14. The van der Waals surface area contributed by atoms with Gasteiger partial charge in [-0.15, -0.1) is 0 Å².